The number of aliphatic imine (C=N–C) groups is 1. The first-order chi connectivity index (χ1) is 11.7. The van der Waals surface area contributed by atoms with Crippen LogP contribution in [0.2, 0.25) is 0 Å². The van der Waals surface area contributed by atoms with Gasteiger partial charge in [0.1, 0.15) is 11.4 Å². The van der Waals surface area contributed by atoms with E-state index in [-0.39, 0.29) is 36.1 Å². The van der Waals surface area contributed by atoms with E-state index in [9.17, 15) is 4.79 Å². The summed E-state index contributed by atoms with van der Waals surface area (Å²) in [6.45, 7) is 11.4. The molecule has 1 fully saturated rings. The van der Waals surface area contributed by atoms with Crippen molar-refractivity contribution >= 4 is 36.0 Å². The van der Waals surface area contributed by atoms with E-state index in [1.165, 1.54) is 0 Å². The van der Waals surface area contributed by atoms with Crippen LogP contribution in [0.4, 0.5) is 4.79 Å². The van der Waals surface area contributed by atoms with Gasteiger partial charge in [-0.2, -0.15) is 0 Å². The largest absolute Gasteiger partial charge is 0.444 e. The molecular formula is C17H30IN5O3. The molecule has 2 N–H and O–H groups in total. The Morgan fingerprint density at radius 2 is 2.04 bits per heavy atom. The number of guanidine groups is 1. The molecule has 1 aliphatic rings. The van der Waals surface area contributed by atoms with Crippen molar-refractivity contribution in [1.82, 2.24) is 20.7 Å². The van der Waals surface area contributed by atoms with Gasteiger partial charge in [0.2, 0.25) is 0 Å². The number of aromatic nitrogens is 1. The number of ether oxygens (including phenoxy) is 1. The molecule has 0 aliphatic carbocycles. The van der Waals surface area contributed by atoms with Crippen LogP contribution < -0.4 is 10.6 Å². The van der Waals surface area contributed by atoms with E-state index < -0.39 is 5.60 Å². The van der Waals surface area contributed by atoms with Crippen LogP contribution in [0.15, 0.2) is 9.52 Å². The van der Waals surface area contributed by atoms with Gasteiger partial charge < -0.3 is 24.8 Å². The summed E-state index contributed by atoms with van der Waals surface area (Å²) in [5.41, 5.74) is 1.59. The average molecular weight is 479 g/mol. The van der Waals surface area contributed by atoms with Gasteiger partial charge in [0.25, 0.3) is 0 Å². The molecule has 2 rings (SSSR count). The Morgan fingerprint density at radius 1 is 1.38 bits per heavy atom. The molecule has 0 aromatic carbocycles. The highest BCUT2D eigenvalue weighted by Crippen LogP contribution is 2.15. The van der Waals surface area contributed by atoms with Gasteiger partial charge in [-0.25, -0.2) is 4.79 Å². The number of carbonyl (C=O) groups is 1. The third-order valence-corrected chi connectivity index (χ3v) is 3.95. The van der Waals surface area contributed by atoms with Crippen LogP contribution >= 0.6 is 24.0 Å². The molecule has 0 atom stereocenters. The Morgan fingerprint density at radius 3 is 2.54 bits per heavy atom. The third-order valence-electron chi connectivity index (χ3n) is 3.95. The number of amides is 1. The maximum Gasteiger partial charge on any atom is 0.410 e. The lowest BCUT2D eigenvalue weighted by Gasteiger charge is -2.40. The fraction of sp³-hybridized carbons (Fsp3) is 0.706. The number of nitrogens with zero attached hydrogens (tertiary/aromatic N) is 3. The molecule has 2 heterocycles. The first kappa shape index (κ1) is 22.5. The Balaban J connectivity index is 0.00000338. The molecule has 0 spiro atoms. The minimum atomic E-state index is -0.467. The van der Waals surface area contributed by atoms with Crippen molar-refractivity contribution in [1.29, 1.82) is 0 Å². The molecule has 0 radical (unpaired) electrons. The van der Waals surface area contributed by atoms with Crippen molar-refractivity contribution in [2.24, 2.45) is 4.99 Å². The normalized spacial score (nSPS) is 15.2. The van der Waals surface area contributed by atoms with Gasteiger partial charge >= 0.3 is 6.09 Å². The molecule has 1 saturated heterocycles. The van der Waals surface area contributed by atoms with Crippen molar-refractivity contribution in [2.75, 3.05) is 26.7 Å². The van der Waals surface area contributed by atoms with Crippen LogP contribution in [0, 0.1) is 13.8 Å². The highest BCUT2D eigenvalue weighted by atomic mass is 127. The predicted molar refractivity (Wildman–Crippen MR) is 111 cm³/mol. The van der Waals surface area contributed by atoms with Crippen LogP contribution in [0.3, 0.4) is 0 Å². The van der Waals surface area contributed by atoms with Gasteiger partial charge in [-0.1, -0.05) is 5.16 Å². The number of carbonyl (C=O) groups excluding carboxylic acids is 1. The minimum absolute atomic E-state index is 0. The molecular weight excluding hydrogens is 449 g/mol. The van der Waals surface area contributed by atoms with Gasteiger partial charge in [0, 0.05) is 32.2 Å². The van der Waals surface area contributed by atoms with E-state index in [1.54, 1.807) is 11.9 Å². The summed E-state index contributed by atoms with van der Waals surface area (Å²) in [6, 6.07) is 0.179. The highest BCUT2D eigenvalue weighted by molar-refractivity contribution is 14.0. The first-order valence-electron chi connectivity index (χ1n) is 8.56. The molecule has 1 amide bonds. The fourth-order valence-corrected chi connectivity index (χ4v) is 2.60. The minimum Gasteiger partial charge on any atom is -0.444 e. The molecule has 0 unspecified atom stereocenters. The third kappa shape index (κ3) is 6.33. The number of halogens is 1. The zero-order chi connectivity index (χ0) is 18.6. The van der Waals surface area contributed by atoms with E-state index in [0.717, 1.165) is 35.9 Å². The molecule has 1 aromatic rings. The molecule has 26 heavy (non-hydrogen) atoms. The summed E-state index contributed by atoms with van der Waals surface area (Å²) in [5.74, 6) is 1.58. The Kier molecular flexibility index (Phi) is 8.16. The van der Waals surface area contributed by atoms with Gasteiger partial charge in [-0.05, 0) is 41.0 Å². The lowest BCUT2D eigenvalue weighted by molar-refractivity contribution is 0.00701. The smallest absolute Gasteiger partial charge is 0.410 e. The number of aryl methyl sites for hydroxylation is 2. The van der Waals surface area contributed by atoms with E-state index in [0.29, 0.717) is 13.1 Å². The standard InChI is InChI=1S/C17H29N5O3.HI/c1-11-14(12(2)25-21-11)7-8-19-15(18-6)20-13-9-22(10-13)16(23)24-17(3,4)5;/h13H,7-10H2,1-6H3,(H2,18,19,20);1H. The number of nitrogens with one attached hydrogen (secondary N) is 2. The van der Waals surface area contributed by atoms with Gasteiger partial charge in [0.05, 0.1) is 11.7 Å². The van der Waals surface area contributed by atoms with Crippen molar-refractivity contribution in [3.8, 4) is 0 Å². The summed E-state index contributed by atoms with van der Waals surface area (Å²) in [5, 5.41) is 10.5. The molecule has 1 aliphatic heterocycles. The molecule has 148 valence electrons. The lowest BCUT2D eigenvalue weighted by Crippen LogP contribution is -2.63. The fourth-order valence-electron chi connectivity index (χ4n) is 2.60. The zero-order valence-electron chi connectivity index (χ0n) is 16.4. The van der Waals surface area contributed by atoms with Crippen molar-refractivity contribution in [3.63, 3.8) is 0 Å². The van der Waals surface area contributed by atoms with Crippen LogP contribution in [0.5, 0.6) is 0 Å². The van der Waals surface area contributed by atoms with Crippen LogP contribution in [-0.2, 0) is 11.2 Å². The Bertz CT molecular complexity index is 613. The maximum absolute atomic E-state index is 11.9. The van der Waals surface area contributed by atoms with E-state index >= 15 is 0 Å². The van der Waals surface area contributed by atoms with Gasteiger partial charge in [0.15, 0.2) is 5.96 Å². The molecule has 1 aromatic heterocycles. The quantitative estimate of drug-likeness (QED) is 0.391. The predicted octanol–water partition coefficient (Wildman–Crippen LogP) is 2.24. The zero-order valence-corrected chi connectivity index (χ0v) is 18.7. The SMILES string of the molecule is CN=C(NCCc1c(C)noc1C)NC1CN(C(=O)OC(C)(C)C)C1.I. The second kappa shape index (κ2) is 9.43. The molecule has 0 bridgehead atoms. The summed E-state index contributed by atoms with van der Waals surface area (Å²) >= 11 is 0. The maximum atomic E-state index is 11.9. The van der Waals surface area contributed by atoms with Gasteiger partial charge in [-0.3, -0.25) is 4.99 Å². The number of hydrogen-bond acceptors (Lipinski definition) is 5. The number of hydrogen-bond donors (Lipinski definition) is 2. The summed E-state index contributed by atoms with van der Waals surface area (Å²) < 4.78 is 10.5. The van der Waals surface area contributed by atoms with Crippen molar-refractivity contribution < 1.29 is 14.1 Å². The molecule has 0 saturated carbocycles. The van der Waals surface area contributed by atoms with Crippen molar-refractivity contribution in [2.45, 2.75) is 52.7 Å². The summed E-state index contributed by atoms with van der Waals surface area (Å²) in [6.07, 6.45) is 0.545. The summed E-state index contributed by atoms with van der Waals surface area (Å²) in [4.78, 5) is 17.8. The monoisotopic (exact) mass is 479 g/mol. The Labute approximate surface area is 172 Å². The molecule has 8 nitrogen and oxygen atoms in total. The second-order valence-corrected chi connectivity index (χ2v) is 7.28. The first-order valence-corrected chi connectivity index (χ1v) is 8.56. The van der Waals surface area contributed by atoms with Crippen LogP contribution in [0.25, 0.3) is 0 Å². The van der Waals surface area contributed by atoms with E-state index in [1.807, 2.05) is 34.6 Å². The van der Waals surface area contributed by atoms with Gasteiger partial charge in [-0.15, -0.1) is 24.0 Å². The molecule has 9 heteroatoms. The van der Waals surface area contributed by atoms with E-state index in [4.69, 9.17) is 9.26 Å². The van der Waals surface area contributed by atoms with E-state index in [2.05, 4.69) is 20.8 Å². The van der Waals surface area contributed by atoms with Crippen LogP contribution in [0.1, 0.15) is 37.8 Å². The highest BCUT2D eigenvalue weighted by Gasteiger charge is 2.34. The lowest BCUT2D eigenvalue weighted by atomic mass is 10.1. The average Bonchev–Trinajstić information content (AvgIpc) is 2.78. The van der Waals surface area contributed by atoms with Crippen molar-refractivity contribution in [3.05, 3.63) is 17.0 Å². The Hall–Kier alpha value is -1.52. The second-order valence-electron chi connectivity index (χ2n) is 7.28. The van der Waals surface area contributed by atoms with Crippen LogP contribution in [-0.4, -0.2) is 60.4 Å². The summed E-state index contributed by atoms with van der Waals surface area (Å²) in [7, 11) is 1.73. The number of likely N-dealkylation sites (tertiary alicyclic amines) is 1. The number of rotatable bonds is 4. The topological polar surface area (TPSA) is 92.0 Å².